The van der Waals surface area contributed by atoms with Crippen molar-refractivity contribution in [3.63, 3.8) is 0 Å². The van der Waals surface area contributed by atoms with Crippen molar-refractivity contribution >= 4 is 17.4 Å². The number of Topliss-reactive ketones (excluding diaryl/α,β-unsaturated/α-hetero) is 1. The average Bonchev–Trinajstić information content (AvgIpc) is 2.46. The lowest BCUT2D eigenvalue weighted by Crippen LogP contribution is -1.99. The minimum absolute atomic E-state index is 0.179. The number of carbonyl (C=O) groups excluding carboxylic acids is 1. The summed E-state index contributed by atoms with van der Waals surface area (Å²) in [5, 5.41) is 0.577. The summed E-state index contributed by atoms with van der Waals surface area (Å²) in [5.74, 6) is 0.179. The van der Waals surface area contributed by atoms with E-state index in [4.69, 9.17) is 11.6 Å². The second-order valence-electron chi connectivity index (χ2n) is 5.48. The average molecular weight is 295 g/mol. The third-order valence-corrected chi connectivity index (χ3v) is 4.01. The van der Waals surface area contributed by atoms with Crippen LogP contribution in [0.15, 0.2) is 24.3 Å². The molecule has 1 aromatic carbocycles. The molecule has 20 heavy (non-hydrogen) atoms. The molecular weight excluding hydrogens is 268 g/mol. The number of hydrogen-bond acceptors (Lipinski definition) is 1. The van der Waals surface area contributed by atoms with E-state index in [1.165, 1.54) is 44.9 Å². The molecule has 0 bridgehead atoms. The zero-order chi connectivity index (χ0) is 14.6. The Labute approximate surface area is 128 Å². The van der Waals surface area contributed by atoms with Gasteiger partial charge in [0.25, 0.3) is 0 Å². The number of rotatable bonds is 11. The zero-order valence-corrected chi connectivity index (χ0v) is 13.4. The monoisotopic (exact) mass is 294 g/mol. The molecule has 2 heteroatoms. The van der Waals surface area contributed by atoms with Crippen molar-refractivity contribution in [1.82, 2.24) is 0 Å². The molecule has 0 N–H and O–H groups in total. The van der Waals surface area contributed by atoms with E-state index in [0.717, 1.165) is 12.8 Å². The van der Waals surface area contributed by atoms with Gasteiger partial charge in [-0.15, -0.1) is 0 Å². The maximum Gasteiger partial charge on any atom is 0.164 e. The summed E-state index contributed by atoms with van der Waals surface area (Å²) in [6, 6.07) is 7.33. The van der Waals surface area contributed by atoms with Crippen LogP contribution in [-0.2, 0) is 0 Å². The zero-order valence-electron chi connectivity index (χ0n) is 12.7. The summed E-state index contributed by atoms with van der Waals surface area (Å²) in [6.07, 6.45) is 12.1. The summed E-state index contributed by atoms with van der Waals surface area (Å²) in [7, 11) is 0. The van der Waals surface area contributed by atoms with Crippen molar-refractivity contribution in [2.75, 3.05) is 0 Å². The smallest absolute Gasteiger partial charge is 0.164 e. The van der Waals surface area contributed by atoms with Crippen LogP contribution in [0.3, 0.4) is 0 Å². The van der Waals surface area contributed by atoms with E-state index in [9.17, 15) is 4.79 Å². The van der Waals surface area contributed by atoms with Crippen LogP contribution in [0, 0.1) is 0 Å². The Morgan fingerprint density at radius 3 is 2.05 bits per heavy atom. The van der Waals surface area contributed by atoms with E-state index in [0.29, 0.717) is 17.0 Å². The van der Waals surface area contributed by atoms with Gasteiger partial charge in [-0.1, -0.05) is 82.0 Å². The fourth-order valence-corrected chi connectivity index (χ4v) is 2.66. The lowest BCUT2D eigenvalue weighted by atomic mass is 10.0. The summed E-state index contributed by atoms with van der Waals surface area (Å²) in [5.41, 5.74) is 0.675. The number of halogens is 1. The van der Waals surface area contributed by atoms with Gasteiger partial charge in [-0.25, -0.2) is 0 Å². The van der Waals surface area contributed by atoms with Gasteiger partial charge >= 0.3 is 0 Å². The van der Waals surface area contributed by atoms with E-state index in [1.807, 2.05) is 18.2 Å². The highest BCUT2D eigenvalue weighted by molar-refractivity contribution is 6.33. The molecule has 1 rings (SSSR count). The fourth-order valence-electron chi connectivity index (χ4n) is 2.42. The molecule has 0 spiro atoms. The largest absolute Gasteiger partial charge is 0.294 e. The highest BCUT2D eigenvalue weighted by atomic mass is 35.5. The van der Waals surface area contributed by atoms with Crippen LogP contribution in [0.4, 0.5) is 0 Å². The first-order valence-corrected chi connectivity index (χ1v) is 8.41. The van der Waals surface area contributed by atoms with Crippen LogP contribution in [0.25, 0.3) is 0 Å². The molecular formula is C18H27ClO. The third kappa shape index (κ3) is 7.09. The second kappa shape index (κ2) is 10.9. The summed E-state index contributed by atoms with van der Waals surface area (Å²) < 4.78 is 0. The van der Waals surface area contributed by atoms with Gasteiger partial charge in [0.2, 0.25) is 0 Å². The molecule has 112 valence electrons. The van der Waals surface area contributed by atoms with Crippen molar-refractivity contribution in [3.05, 3.63) is 34.9 Å². The molecule has 0 aromatic heterocycles. The normalized spacial score (nSPS) is 10.7. The molecule has 1 nitrogen and oxygen atoms in total. The van der Waals surface area contributed by atoms with E-state index < -0.39 is 0 Å². The van der Waals surface area contributed by atoms with Crippen molar-refractivity contribution in [2.45, 2.75) is 71.1 Å². The first kappa shape index (κ1) is 17.2. The molecule has 0 atom stereocenters. The predicted octanol–water partition coefficient (Wildman–Crippen LogP) is 6.44. The van der Waals surface area contributed by atoms with E-state index in [2.05, 4.69) is 6.92 Å². The van der Waals surface area contributed by atoms with Crippen LogP contribution < -0.4 is 0 Å². The molecule has 0 radical (unpaired) electrons. The van der Waals surface area contributed by atoms with Crippen molar-refractivity contribution in [3.8, 4) is 0 Å². The van der Waals surface area contributed by atoms with Gasteiger partial charge in [0.05, 0.1) is 5.02 Å². The molecule has 1 aromatic rings. The van der Waals surface area contributed by atoms with Crippen LogP contribution >= 0.6 is 11.6 Å². The molecule has 0 aliphatic heterocycles. The number of carbonyl (C=O) groups is 1. The number of ketones is 1. The van der Waals surface area contributed by atoms with Crippen molar-refractivity contribution in [2.24, 2.45) is 0 Å². The van der Waals surface area contributed by atoms with Crippen LogP contribution in [0.1, 0.15) is 81.5 Å². The Bertz CT molecular complexity index is 387. The first-order chi connectivity index (χ1) is 9.75. The standard InChI is InChI=1S/C18H27ClO/c1-2-3-4-5-6-7-8-9-10-15-18(20)16-13-11-12-14-17(16)19/h11-14H,2-10,15H2,1H3. The first-order valence-electron chi connectivity index (χ1n) is 8.03. The molecule has 0 aliphatic rings. The van der Waals surface area contributed by atoms with Crippen LogP contribution in [0.5, 0.6) is 0 Å². The number of hydrogen-bond donors (Lipinski definition) is 0. The fraction of sp³-hybridized carbons (Fsp3) is 0.611. The van der Waals surface area contributed by atoms with Crippen LogP contribution in [0.2, 0.25) is 5.02 Å². The predicted molar refractivity (Wildman–Crippen MR) is 87.6 cm³/mol. The third-order valence-electron chi connectivity index (χ3n) is 3.68. The molecule has 0 fully saturated rings. The highest BCUT2D eigenvalue weighted by Gasteiger charge is 2.08. The maximum absolute atomic E-state index is 12.0. The van der Waals surface area contributed by atoms with Crippen molar-refractivity contribution in [1.29, 1.82) is 0 Å². The lowest BCUT2D eigenvalue weighted by molar-refractivity contribution is 0.0979. The SMILES string of the molecule is CCCCCCCCCCCC(=O)c1ccccc1Cl. The highest BCUT2D eigenvalue weighted by Crippen LogP contribution is 2.18. The molecule has 0 heterocycles. The van der Waals surface area contributed by atoms with E-state index in [-0.39, 0.29) is 5.78 Å². The maximum atomic E-state index is 12.0. The van der Waals surface area contributed by atoms with Gasteiger partial charge in [-0.2, -0.15) is 0 Å². The van der Waals surface area contributed by atoms with Gasteiger partial charge in [0, 0.05) is 12.0 Å². The van der Waals surface area contributed by atoms with E-state index >= 15 is 0 Å². The Balaban J connectivity index is 2.04. The van der Waals surface area contributed by atoms with Gasteiger partial charge in [-0.05, 0) is 18.6 Å². The van der Waals surface area contributed by atoms with E-state index in [1.54, 1.807) is 6.07 Å². The summed E-state index contributed by atoms with van der Waals surface area (Å²) in [4.78, 5) is 12.0. The summed E-state index contributed by atoms with van der Waals surface area (Å²) >= 11 is 6.02. The molecule has 0 unspecified atom stereocenters. The second-order valence-corrected chi connectivity index (χ2v) is 5.89. The molecule has 0 saturated carbocycles. The Morgan fingerprint density at radius 2 is 1.45 bits per heavy atom. The van der Waals surface area contributed by atoms with Gasteiger partial charge in [0.15, 0.2) is 5.78 Å². The molecule has 0 saturated heterocycles. The number of unbranched alkanes of at least 4 members (excludes halogenated alkanes) is 8. The van der Waals surface area contributed by atoms with Crippen molar-refractivity contribution < 1.29 is 4.79 Å². The topological polar surface area (TPSA) is 17.1 Å². The Morgan fingerprint density at radius 1 is 0.900 bits per heavy atom. The van der Waals surface area contributed by atoms with Gasteiger partial charge < -0.3 is 0 Å². The molecule has 0 amide bonds. The molecule has 0 aliphatic carbocycles. The van der Waals surface area contributed by atoms with Gasteiger partial charge in [0.1, 0.15) is 0 Å². The Hall–Kier alpha value is -0.820. The quantitative estimate of drug-likeness (QED) is 0.339. The number of benzene rings is 1. The van der Waals surface area contributed by atoms with Crippen LogP contribution in [-0.4, -0.2) is 5.78 Å². The lowest BCUT2D eigenvalue weighted by Gasteiger charge is -2.04. The minimum Gasteiger partial charge on any atom is -0.294 e. The Kier molecular flexibility index (Phi) is 9.40. The minimum atomic E-state index is 0.179. The van der Waals surface area contributed by atoms with Gasteiger partial charge in [-0.3, -0.25) is 4.79 Å². The summed E-state index contributed by atoms with van der Waals surface area (Å²) in [6.45, 7) is 2.25.